The van der Waals surface area contributed by atoms with Crippen LogP contribution in [0.25, 0.3) is 0 Å². The van der Waals surface area contributed by atoms with Crippen molar-refractivity contribution in [3.63, 3.8) is 0 Å². The van der Waals surface area contributed by atoms with Gasteiger partial charge in [0.2, 0.25) is 0 Å². The van der Waals surface area contributed by atoms with Crippen LogP contribution >= 0.6 is 0 Å². The topological polar surface area (TPSA) is 45.1 Å². The summed E-state index contributed by atoms with van der Waals surface area (Å²) in [7, 11) is 0. The highest BCUT2D eigenvalue weighted by molar-refractivity contribution is 5.19. The fraction of sp³-hybridized carbons (Fsp3) is 0.214. The van der Waals surface area contributed by atoms with E-state index in [0.717, 1.165) is 17.7 Å². The van der Waals surface area contributed by atoms with E-state index < -0.39 is 0 Å². The Labute approximate surface area is 101 Å². The van der Waals surface area contributed by atoms with Crippen LogP contribution in [0.15, 0.2) is 54.9 Å². The van der Waals surface area contributed by atoms with Gasteiger partial charge in [0.1, 0.15) is 0 Å². The molecule has 3 heteroatoms. The minimum atomic E-state index is -0.0237. The van der Waals surface area contributed by atoms with Crippen molar-refractivity contribution in [3.8, 4) is 0 Å². The molecule has 1 heterocycles. The number of aliphatic hydroxyl groups excluding tert-OH is 1. The van der Waals surface area contributed by atoms with Crippen LogP contribution in [0.3, 0.4) is 0 Å². The molecule has 0 saturated carbocycles. The molecule has 3 nitrogen and oxygen atoms in total. The first kappa shape index (κ1) is 11.8. The molecule has 2 aromatic rings. The summed E-state index contributed by atoms with van der Waals surface area (Å²) in [5, 5.41) is 12.7. The fourth-order valence-corrected chi connectivity index (χ4v) is 1.71. The van der Waals surface area contributed by atoms with Crippen LogP contribution in [0, 0.1) is 0 Å². The third kappa shape index (κ3) is 3.37. The molecule has 88 valence electrons. The van der Waals surface area contributed by atoms with Gasteiger partial charge in [-0.1, -0.05) is 30.3 Å². The maximum Gasteiger partial charge on any atom is 0.0626 e. The number of nitrogens with zero attached hydrogens (tertiary/aromatic N) is 1. The first-order valence-corrected chi connectivity index (χ1v) is 5.68. The number of benzene rings is 1. The highest BCUT2D eigenvalue weighted by Gasteiger charge is 2.08. The number of aliphatic hydroxyl groups is 1. The molecule has 0 radical (unpaired) electrons. The van der Waals surface area contributed by atoms with E-state index in [1.807, 2.05) is 42.5 Å². The molecule has 0 aliphatic heterocycles. The minimum Gasteiger partial charge on any atom is -0.394 e. The fourth-order valence-electron chi connectivity index (χ4n) is 1.71. The third-order valence-electron chi connectivity index (χ3n) is 2.69. The zero-order valence-corrected chi connectivity index (χ0v) is 9.58. The second-order valence-electron chi connectivity index (χ2n) is 3.88. The van der Waals surface area contributed by atoms with Gasteiger partial charge in [0.25, 0.3) is 0 Å². The molecule has 2 rings (SSSR count). The number of nitrogens with one attached hydrogen (secondary N) is 1. The maximum atomic E-state index is 9.38. The van der Waals surface area contributed by atoms with E-state index in [4.69, 9.17) is 0 Å². The summed E-state index contributed by atoms with van der Waals surface area (Å²) >= 11 is 0. The summed E-state index contributed by atoms with van der Waals surface area (Å²) < 4.78 is 0. The van der Waals surface area contributed by atoms with Gasteiger partial charge in [-0.05, 0) is 23.3 Å². The van der Waals surface area contributed by atoms with Gasteiger partial charge in [-0.3, -0.25) is 4.98 Å². The van der Waals surface area contributed by atoms with Crippen LogP contribution in [-0.4, -0.2) is 16.7 Å². The number of pyridine rings is 1. The van der Waals surface area contributed by atoms with Crippen molar-refractivity contribution < 1.29 is 5.11 Å². The molecule has 0 amide bonds. The monoisotopic (exact) mass is 228 g/mol. The molecule has 0 fully saturated rings. The van der Waals surface area contributed by atoms with Gasteiger partial charge in [0, 0.05) is 18.9 Å². The van der Waals surface area contributed by atoms with E-state index in [1.54, 1.807) is 12.4 Å². The Morgan fingerprint density at radius 1 is 1.06 bits per heavy atom. The van der Waals surface area contributed by atoms with E-state index >= 15 is 0 Å². The minimum absolute atomic E-state index is 0.0237. The van der Waals surface area contributed by atoms with E-state index in [1.165, 1.54) is 0 Å². The Hall–Kier alpha value is -1.71. The van der Waals surface area contributed by atoms with Gasteiger partial charge in [-0.2, -0.15) is 0 Å². The number of rotatable bonds is 5. The lowest BCUT2D eigenvalue weighted by atomic mass is 10.1. The smallest absolute Gasteiger partial charge is 0.0626 e. The Bertz CT molecular complexity index is 430. The quantitative estimate of drug-likeness (QED) is 0.821. The SMILES string of the molecule is OCC(NCc1ccncc1)c1ccccc1. The molecule has 0 saturated heterocycles. The molecular weight excluding hydrogens is 212 g/mol. The van der Waals surface area contributed by atoms with E-state index in [2.05, 4.69) is 10.3 Å². The molecule has 1 unspecified atom stereocenters. The van der Waals surface area contributed by atoms with Gasteiger partial charge in [0.05, 0.1) is 12.6 Å². The van der Waals surface area contributed by atoms with Crippen LogP contribution in [0.1, 0.15) is 17.2 Å². The highest BCUT2D eigenvalue weighted by atomic mass is 16.3. The number of hydrogen-bond donors (Lipinski definition) is 2. The van der Waals surface area contributed by atoms with Crippen molar-refractivity contribution in [2.45, 2.75) is 12.6 Å². The van der Waals surface area contributed by atoms with Crippen molar-refractivity contribution in [2.24, 2.45) is 0 Å². The summed E-state index contributed by atoms with van der Waals surface area (Å²) in [4.78, 5) is 3.97. The zero-order valence-electron chi connectivity index (χ0n) is 9.58. The molecule has 0 aliphatic rings. The first-order valence-electron chi connectivity index (χ1n) is 5.68. The lowest BCUT2D eigenvalue weighted by Crippen LogP contribution is -2.23. The van der Waals surface area contributed by atoms with Crippen LogP contribution in [0.2, 0.25) is 0 Å². The lowest BCUT2D eigenvalue weighted by Gasteiger charge is -2.16. The van der Waals surface area contributed by atoms with E-state index in [9.17, 15) is 5.11 Å². The predicted octanol–water partition coefficient (Wildman–Crippen LogP) is 1.90. The Balaban J connectivity index is 1.97. The summed E-state index contributed by atoms with van der Waals surface area (Å²) in [5.74, 6) is 0. The highest BCUT2D eigenvalue weighted by Crippen LogP contribution is 2.12. The standard InChI is InChI=1S/C14H16N2O/c17-11-14(13-4-2-1-3-5-13)16-10-12-6-8-15-9-7-12/h1-9,14,16-17H,10-11H2. The predicted molar refractivity (Wildman–Crippen MR) is 67.3 cm³/mol. The molecule has 1 atom stereocenters. The van der Waals surface area contributed by atoms with Crippen molar-refractivity contribution in [1.82, 2.24) is 10.3 Å². The average molecular weight is 228 g/mol. The number of aromatic nitrogens is 1. The van der Waals surface area contributed by atoms with E-state index in [-0.39, 0.29) is 12.6 Å². The molecule has 0 spiro atoms. The summed E-state index contributed by atoms with van der Waals surface area (Å²) in [6, 6.07) is 13.9. The maximum absolute atomic E-state index is 9.38. The largest absolute Gasteiger partial charge is 0.394 e. The second-order valence-corrected chi connectivity index (χ2v) is 3.88. The van der Waals surface area contributed by atoms with Crippen molar-refractivity contribution >= 4 is 0 Å². The van der Waals surface area contributed by atoms with Crippen LogP contribution < -0.4 is 5.32 Å². The molecule has 0 aliphatic carbocycles. The lowest BCUT2D eigenvalue weighted by molar-refractivity contribution is 0.243. The van der Waals surface area contributed by atoms with Crippen LogP contribution in [-0.2, 0) is 6.54 Å². The molecule has 0 bridgehead atoms. The molecule has 2 N–H and O–H groups in total. The molecule has 1 aromatic carbocycles. The van der Waals surface area contributed by atoms with Crippen LogP contribution in [0.4, 0.5) is 0 Å². The average Bonchev–Trinajstić information content (AvgIpc) is 2.42. The first-order chi connectivity index (χ1) is 8.40. The van der Waals surface area contributed by atoms with Gasteiger partial charge in [0.15, 0.2) is 0 Å². The third-order valence-corrected chi connectivity index (χ3v) is 2.69. The molecular formula is C14H16N2O. The van der Waals surface area contributed by atoms with Gasteiger partial charge >= 0.3 is 0 Å². The van der Waals surface area contributed by atoms with Crippen molar-refractivity contribution in [1.29, 1.82) is 0 Å². The molecule has 1 aromatic heterocycles. The Morgan fingerprint density at radius 2 is 1.76 bits per heavy atom. The summed E-state index contributed by atoms with van der Waals surface area (Å²) in [5.41, 5.74) is 2.26. The zero-order chi connectivity index (χ0) is 11.9. The van der Waals surface area contributed by atoms with Gasteiger partial charge < -0.3 is 10.4 Å². The van der Waals surface area contributed by atoms with Gasteiger partial charge in [-0.25, -0.2) is 0 Å². The number of hydrogen-bond acceptors (Lipinski definition) is 3. The Kier molecular flexibility index (Phi) is 4.24. The van der Waals surface area contributed by atoms with Crippen molar-refractivity contribution in [2.75, 3.05) is 6.61 Å². The second kappa shape index (κ2) is 6.13. The van der Waals surface area contributed by atoms with E-state index in [0.29, 0.717) is 0 Å². The van der Waals surface area contributed by atoms with Crippen molar-refractivity contribution in [3.05, 3.63) is 66.0 Å². The van der Waals surface area contributed by atoms with Crippen LogP contribution in [0.5, 0.6) is 0 Å². The molecule has 17 heavy (non-hydrogen) atoms. The summed E-state index contributed by atoms with van der Waals surface area (Å²) in [6.07, 6.45) is 3.54. The summed E-state index contributed by atoms with van der Waals surface area (Å²) in [6.45, 7) is 0.817. The normalized spacial score (nSPS) is 12.3. The van der Waals surface area contributed by atoms with Gasteiger partial charge in [-0.15, -0.1) is 0 Å². The Morgan fingerprint density at radius 3 is 2.41 bits per heavy atom.